The molecule has 2 nitrogen and oxygen atoms in total. The van der Waals surface area contributed by atoms with Gasteiger partial charge in [-0.1, -0.05) is 13.3 Å². The Morgan fingerprint density at radius 3 is 2.20 bits per heavy atom. The van der Waals surface area contributed by atoms with Crippen molar-refractivity contribution in [3.63, 3.8) is 0 Å². The van der Waals surface area contributed by atoms with E-state index in [1.165, 1.54) is 0 Å². The molecule has 0 aliphatic heterocycles. The Hall–Kier alpha value is -0.0800. The van der Waals surface area contributed by atoms with Gasteiger partial charge in [-0.2, -0.15) is 0 Å². The number of hydrogen-bond donors (Lipinski definition) is 2. The summed E-state index contributed by atoms with van der Waals surface area (Å²) in [6.07, 6.45) is 3.92. The summed E-state index contributed by atoms with van der Waals surface area (Å²) in [7, 11) is 0. The van der Waals surface area contributed by atoms with Crippen molar-refractivity contribution >= 4 is 0 Å². The highest BCUT2D eigenvalue weighted by Gasteiger charge is 2.03. The van der Waals surface area contributed by atoms with Gasteiger partial charge in [0.05, 0.1) is 0 Å². The fraction of sp³-hybridized carbons (Fsp3) is 1.00. The van der Waals surface area contributed by atoms with E-state index in [2.05, 4.69) is 6.92 Å². The maximum atomic E-state index is 8.60. The van der Waals surface area contributed by atoms with Crippen molar-refractivity contribution in [2.24, 2.45) is 5.92 Å². The van der Waals surface area contributed by atoms with E-state index in [-0.39, 0.29) is 13.2 Å². The summed E-state index contributed by atoms with van der Waals surface area (Å²) in [6.45, 7) is 2.68. The summed E-state index contributed by atoms with van der Waals surface area (Å²) in [6, 6.07) is 0. The van der Waals surface area contributed by atoms with Gasteiger partial charge >= 0.3 is 0 Å². The van der Waals surface area contributed by atoms with Crippen LogP contribution in [0.3, 0.4) is 0 Å². The van der Waals surface area contributed by atoms with E-state index < -0.39 is 0 Å². The number of rotatable bonds is 6. The largest absolute Gasteiger partial charge is 0.396 e. The maximum absolute atomic E-state index is 8.60. The van der Waals surface area contributed by atoms with Crippen LogP contribution in [0.5, 0.6) is 0 Å². The minimum Gasteiger partial charge on any atom is -0.396 e. The van der Waals surface area contributed by atoms with E-state index in [4.69, 9.17) is 10.2 Å². The van der Waals surface area contributed by atoms with Gasteiger partial charge in [-0.25, -0.2) is 0 Å². The van der Waals surface area contributed by atoms with Crippen LogP contribution in [0.15, 0.2) is 0 Å². The van der Waals surface area contributed by atoms with Crippen molar-refractivity contribution in [3.8, 4) is 0 Å². The van der Waals surface area contributed by atoms with Crippen LogP contribution < -0.4 is 0 Å². The molecule has 0 rings (SSSR count). The van der Waals surface area contributed by atoms with Gasteiger partial charge in [0.1, 0.15) is 0 Å². The topological polar surface area (TPSA) is 40.5 Å². The molecule has 0 radical (unpaired) electrons. The van der Waals surface area contributed by atoms with E-state index in [1.54, 1.807) is 0 Å². The van der Waals surface area contributed by atoms with Gasteiger partial charge in [0, 0.05) is 13.2 Å². The Morgan fingerprint density at radius 2 is 1.80 bits per heavy atom. The maximum Gasteiger partial charge on any atom is 0.0433 e. The molecule has 1 atom stereocenters. The van der Waals surface area contributed by atoms with Gasteiger partial charge in [0.15, 0.2) is 0 Å². The first-order chi connectivity index (χ1) is 4.85. The fourth-order valence-electron chi connectivity index (χ4n) is 1.12. The molecule has 0 amide bonds. The molecule has 62 valence electrons. The molecule has 0 aliphatic rings. The van der Waals surface area contributed by atoms with E-state index in [0.29, 0.717) is 5.92 Å². The molecule has 10 heavy (non-hydrogen) atoms. The van der Waals surface area contributed by atoms with E-state index in [1.807, 2.05) is 0 Å². The average molecular weight is 146 g/mol. The van der Waals surface area contributed by atoms with Crippen LogP contribution in [0, 0.1) is 5.92 Å². The highest BCUT2D eigenvalue weighted by atomic mass is 16.3. The van der Waals surface area contributed by atoms with Crippen molar-refractivity contribution < 1.29 is 10.2 Å². The van der Waals surface area contributed by atoms with Gasteiger partial charge in [-0.15, -0.1) is 0 Å². The highest BCUT2D eigenvalue weighted by Crippen LogP contribution is 2.13. The zero-order valence-electron chi connectivity index (χ0n) is 6.71. The Labute approximate surface area is 62.9 Å². The third-order valence-electron chi connectivity index (χ3n) is 1.89. The molecular weight excluding hydrogens is 128 g/mol. The second-order valence-electron chi connectivity index (χ2n) is 2.65. The molecule has 0 spiro atoms. The first kappa shape index (κ1) is 9.92. The molecule has 0 fully saturated rings. The van der Waals surface area contributed by atoms with E-state index in [0.717, 1.165) is 25.7 Å². The quantitative estimate of drug-likeness (QED) is 0.590. The zero-order valence-corrected chi connectivity index (χ0v) is 6.71. The summed E-state index contributed by atoms with van der Waals surface area (Å²) in [5.41, 5.74) is 0. The summed E-state index contributed by atoms with van der Waals surface area (Å²) in [4.78, 5) is 0. The Kier molecular flexibility index (Phi) is 6.98. The van der Waals surface area contributed by atoms with Crippen molar-refractivity contribution in [1.82, 2.24) is 0 Å². The minimum absolute atomic E-state index is 0.280. The first-order valence-corrected chi connectivity index (χ1v) is 4.06. The SMILES string of the molecule is CCC(CCO)CCCO. The molecule has 0 aromatic rings. The second-order valence-corrected chi connectivity index (χ2v) is 2.65. The molecule has 1 unspecified atom stereocenters. The second kappa shape index (κ2) is 7.03. The summed E-state index contributed by atoms with van der Waals surface area (Å²) in [5.74, 6) is 0.608. The normalized spacial score (nSPS) is 13.5. The van der Waals surface area contributed by atoms with E-state index in [9.17, 15) is 0 Å². The zero-order chi connectivity index (χ0) is 7.82. The first-order valence-electron chi connectivity index (χ1n) is 4.06. The third kappa shape index (κ3) is 4.77. The van der Waals surface area contributed by atoms with Crippen LogP contribution in [0.25, 0.3) is 0 Å². The monoisotopic (exact) mass is 146 g/mol. The van der Waals surface area contributed by atoms with Crippen LogP contribution in [0.2, 0.25) is 0 Å². The lowest BCUT2D eigenvalue weighted by molar-refractivity contribution is 0.230. The summed E-state index contributed by atoms with van der Waals surface area (Å²) >= 11 is 0. The number of hydrogen-bond acceptors (Lipinski definition) is 2. The van der Waals surface area contributed by atoms with E-state index >= 15 is 0 Å². The van der Waals surface area contributed by atoms with Crippen molar-refractivity contribution in [1.29, 1.82) is 0 Å². The van der Waals surface area contributed by atoms with Crippen molar-refractivity contribution in [2.75, 3.05) is 13.2 Å². The number of aliphatic hydroxyl groups is 2. The fourth-order valence-corrected chi connectivity index (χ4v) is 1.12. The summed E-state index contributed by atoms with van der Waals surface area (Å²) < 4.78 is 0. The molecule has 2 N–H and O–H groups in total. The van der Waals surface area contributed by atoms with Gasteiger partial charge < -0.3 is 10.2 Å². The average Bonchev–Trinajstić information content (AvgIpc) is 1.98. The molecule has 0 saturated carbocycles. The van der Waals surface area contributed by atoms with Gasteiger partial charge in [0.2, 0.25) is 0 Å². The Balaban J connectivity index is 3.21. The van der Waals surface area contributed by atoms with Gasteiger partial charge in [-0.3, -0.25) is 0 Å². The molecule has 0 saturated heterocycles. The van der Waals surface area contributed by atoms with Gasteiger partial charge in [-0.05, 0) is 25.2 Å². The van der Waals surface area contributed by atoms with Crippen LogP contribution >= 0.6 is 0 Å². The predicted octanol–water partition coefficient (Wildman–Crippen LogP) is 1.17. The van der Waals surface area contributed by atoms with Crippen LogP contribution in [-0.2, 0) is 0 Å². The molecule has 0 aromatic carbocycles. The predicted molar refractivity (Wildman–Crippen MR) is 41.8 cm³/mol. The minimum atomic E-state index is 0.280. The van der Waals surface area contributed by atoms with Gasteiger partial charge in [0.25, 0.3) is 0 Å². The standard InChI is InChI=1S/C8H18O2/c1-2-8(5-7-10)4-3-6-9/h8-10H,2-7H2,1H3. The lowest BCUT2D eigenvalue weighted by Gasteiger charge is -2.11. The van der Waals surface area contributed by atoms with Crippen molar-refractivity contribution in [2.45, 2.75) is 32.6 Å². The molecule has 0 aromatic heterocycles. The molecule has 0 bridgehead atoms. The molecule has 2 heteroatoms. The van der Waals surface area contributed by atoms with Crippen molar-refractivity contribution in [3.05, 3.63) is 0 Å². The van der Waals surface area contributed by atoms with Crippen LogP contribution in [0.4, 0.5) is 0 Å². The van der Waals surface area contributed by atoms with Crippen LogP contribution in [-0.4, -0.2) is 23.4 Å². The lowest BCUT2D eigenvalue weighted by atomic mass is 9.97. The Morgan fingerprint density at radius 1 is 1.10 bits per heavy atom. The molecular formula is C8H18O2. The molecule has 0 heterocycles. The number of aliphatic hydroxyl groups excluding tert-OH is 2. The smallest absolute Gasteiger partial charge is 0.0433 e. The third-order valence-corrected chi connectivity index (χ3v) is 1.89. The van der Waals surface area contributed by atoms with Crippen LogP contribution in [0.1, 0.15) is 32.6 Å². The lowest BCUT2D eigenvalue weighted by Crippen LogP contribution is -2.02. The Bertz CT molecular complexity index is 64.3. The summed E-state index contributed by atoms with van der Waals surface area (Å²) in [5, 5.41) is 17.1. The molecule has 0 aliphatic carbocycles. The highest BCUT2D eigenvalue weighted by molar-refractivity contribution is 4.55.